The summed E-state index contributed by atoms with van der Waals surface area (Å²) in [7, 11) is 0. The molecule has 72 valence electrons. The first-order valence-electron chi connectivity index (χ1n) is 4.70. The van der Waals surface area contributed by atoms with Crippen LogP contribution in [0.5, 0.6) is 0 Å². The molecule has 0 aliphatic carbocycles. The molecule has 2 heterocycles. The average Bonchev–Trinajstić information content (AvgIpc) is 2.07. The summed E-state index contributed by atoms with van der Waals surface area (Å²) in [5.41, 5.74) is 0.774. The Morgan fingerprint density at radius 2 is 1.50 bits per heavy atom. The average molecular weight is 208 g/mol. The van der Waals surface area contributed by atoms with E-state index in [2.05, 4.69) is 17.1 Å². The molecule has 12 heavy (non-hydrogen) atoms. The Balaban J connectivity index is 0.000000720. The highest BCUT2D eigenvalue weighted by Crippen LogP contribution is 2.41. The third-order valence-corrected chi connectivity index (χ3v) is 4.20. The summed E-state index contributed by atoms with van der Waals surface area (Å²) < 4.78 is 0. The van der Waals surface area contributed by atoms with Crippen molar-refractivity contribution in [3.05, 3.63) is 0 Å². The van der Waals surface area contributed by atoms with Gasteiger partial charge < -0.3 is 5.32 Å². The van der Waals surface area contributed by atoms with Gasteiger partial charge in [-0.1, -0.05) is 0 Å². The Labute approximate surface area is 85.5 Å². The third-order valence-electron chi connectivity index (χ3n) is 3.22. The van der Waals surface area contributed by atoms with Gasteiger partial charge in [-0.2, -0.15) is 11.8 Å². The van der Waals surface area contributed by atoms with Crippen LogP contribution in [-0.4, -0.2) is 24.6 Å². The van der Waals surface area contributed by atoms with E-state index in [1.807, 2.05) is 0 Å². The Hall–Kier alpha value is 0.600. The molecule has 2 rings (SSSR count). The van der Waals surface area contributed by atoms with Crippen LogP contribution >= 0.6 is 24.2 Å². The van der Waals surface area contributed by atoms with Crippen LogP contribution in [0.1, 0.15) is 25.7 Å². The first-order valence-corrected chi connectivity index (χ1v) is 5.85. The van der Waals surface area contributed by atoms with Gasteiger partial charge in [-0.05, 0) is 55.7 Å². The van der Waals surface area contributed by atoms with E-state index < -0.39 is 0 Å². The quantitative estimate of drug-likeness (QED) is 0.655. The fraction of sp³-hybridized carbons (Fsp3) is 1.00. The summed E-state index contributed by atoms with van der Waals surface area (Å²) in [5.74, 6) is 2.83. The van der Waals surface area contributed by atoms with Crippen molar-refractivity contribution in [1.29, 1.82) is 0 Å². The summed E-state index contributed by atoms with van der Waals surface area (Å²) in [6.45, 7) is 2.54. The van der Waals surface area contributed by atoms with Crippen LogP contribution in [0, 0.1) is 5.41 Å². The molecule has 1 N–H and O–H groups in total. The fourth-order valence-corrected chi connectivity index (χ4v) is 3.62. The zero-order chi connectivity index (χ0) is 7.57. The van der Waals surface area contributed by atoms with Gasteiger partial charge in [-0.25, -0.2) is 0 Å². The standard InChI is InChI=1S/C9H17NS.ClH/c1-5-10-6-2-9(1)3-7-11-8-4-9;/h10H,1-8H2;1H. The molecule has 0 bridgehead atoms. The highest BCUT2D eigenvalue weighted by Gasteiger charge is 2.32. The van der Waals surface area contributed by atoms with Gasteiger partial charge >= 0.3 is 0 Å². The Kier molecular flexibility index (Phi) is 4.21. The van der Waals surface area contributed by atoms with Crippen LogP contribution in [0.2, 0.25) is 0 Å². The van der Waals surface area contributed by atoms with E-state index in [1.165, 1.54) is 50.3 Å². The van der Waals surface area contributed by atoms with Gasteiger partial charge in [0.05, 0.1) is 0 Å². The molecular weight excluding hydrogens is 190 g/mol. The lowest BCUT2D eigenvalue weighted by molar-refractivity contribution is 0.184. The molecule has 2 saturated heterocycles. The molecule has 3 heteroatoms. The number of thioether (sulfide) groups is 1. The lowest BCUT2D eigenvalue weighted by Gasteiger charge is -2.40. The van der Waals surface area contributed by atoms with Crippen LogP contribution in [0.4, 0.5) is 0 Å². The van der Waals surface area contributed by atoms with Gasteiger partial charge in [0.15, 0.2) is 0 Å². The first-order chi connectivity index (χ1) is 5.41. The van der Waals surface area contributed by atoms with Gasteiger partial charge in [0.1, 0.15) is 0 Å². The Morgan fingerprint density at radius 1 is 0.917 bits per heavy atom. The molecule has 2 aliphatic rings. The SMILES string of the molecule is C1CC2(CCN1)CCSCC2.Cl. The summed E-state index contributed by atoms with van der Waals surface area (Å²) in [6, 6.07) is 0. The molecule has 0 aromatic heterocycles. The minimum absolute atomic E-state index is 0. The van der Waals surface area contributed by atoms with Crippen LogP contribution in [-0.2, 0) is 0 Å². The number of nitrogens with one attached hydrogen (secondary N) is 1. The predicted octanol–water partition coefficient (Wildman–Crippen LogP) is 2.31. The number of piperidine rings is 1. The molecule has 2 aliphatic heterocycles. The van der Waals surface area contributed by atoms with Gasteiger partial charge in [0, 0.05) is 0 Å². The summed E-state index contributed by atoms with van der Waals surface area (Å²) in [5, 5.41) is 3.45. The summed E-state index contributed by atoms with van der Waals surface area (Å²) >= 11 is 2.14. The van der Waals surface area contributed by atoms with Crippen molar-refractivity contribution in [3.63, 3.8) is 0 Å². The van der Waals surface area contributed by atoms with E-state index in [0.29, 0.717) is 0 Å². The Bertz CT molecular complexity index is 109. The number of rotatable bonds is 0. The maximum Gasteiger partial charge on any atom is -0.00436 e. The minimum atomic E-state index is 0. The van der Waals surface area contributed by atoms with Crippen molar-refractivity contribution in [3.8, 4) is 0 Å². The molecule has 0 atom stereocenters. The molecule has 1 nitrogen and oxygen atoms in total. The molecule has 0 unspecified atom stereocenters. The van der Waals surface area contributed by atoms with Crippen molar-refractivity contribution in [2.45, 2.75) is 25.7 Å². The van der Waals surface area contributed by atoms with Crippen molar-refractivity contribution >= 4 is 24.2 Å². The van der Waals surface area contributed by atoms with Gasteiger partial charge in [0.2, 0.25) is 0 Å². The predicted molar refractivity (Wildman–Crippen MR) is 58.3 cm³/mol. The van der Waals surface area contributed by atoms with Crippen LogP contribution < -0.4 is 5.32 Å². The van der Waals surface area contributed by atoms with Crippen molar-refractivity contribution in [2.75, 3.05) is 24.6 Å². The van der Waals surface area contributed by atoms with E-state index in [0.717, 1.165) is 5.41 Å². The van der Waals surface area contributed by atoms with Crippen molar-refractivity contribution in [2.24, 2.45) is 5.41 Å². The van der Waals surface area contributed by atoms with Crippen molar-refractivity contribution < 1.29 is 0 Å². The zero-order valence-corrected chi connectivity index (χ0v) is 9.11. The number of hydrogen-bond donors (Lipinski definition) is 1. The second kappa shape index (κ2) is 4.73. The molecule has 0 amide bonds. The largest absolute Gasteiger partial charge is 0.317 e. The second-order valence-electron chi connectivity index (χ2n) is 3.86. The third kappa shape index (κ3) is 2.30. The van der Waals surface area contributed by atoms with Crippen LogP contribution in [0.3, 0.4) is 0 Å². The monoisotopic (exact) mass is 207 g/mol. The van der Waals surface area contributed by atoms with Gasteiger partial charge in [-0.15, -0.1) is 12.4 Å². The van der Waals surface area contributed by atoms with E-state index in [-0.39, 0.29) is 12.4 Å². The van der Waals surface area contributed by atoms with E-state index in [1.54, 1.807) is 0 Å². The van der Waals surface area contributed by atoms with Gasteiger partial charge in [-0.3, -0.25) is 0 Å². The molecule has 0 aromatic rings. The minimum Gasteiger partial charge on any atom is -0.317 e. The number of hydrogen-bond acceptors (Lipinski definition) is 2. The molecular formula is C9H18ClNS. The normalized spacial score (nSPS) is 28.0. The first kappa shape index (κ1) is 10.7. The van der Waals surface area contributed by atoms with Crippen LogP contribution in [0.15, 0.2) is 0 Å². The van der Waals surface area contributed by atoms with E-state index in [9.17, 15) is 0 Å². The van der Waals surface area contributed by atoms with Gasteiger partial charge in [0.25, 0.3) is 0 Å². The lowest BCUT2D eigenvalue weighted by Crippen LogP contribution is -2.38. The van der Waals surface area contributed by atoms with E-state index >= 15 is 0 Å². The molecule has 0 saturated carbocycles. The lowest BCUT2D eigenvalue weighted by atomic mass is 9.74. The maximum absolute atomic E-state index is 3.45. The zero-order valence-electron chi connectivity index (χ0n) is 7.47. The molecule has 0 radical (unpaired) electrons. The molecule has 0 aromatic carbocycles. The highest BCUT2D eigenvalue weighted by molar-refractivity contribution is 7.99. The molecule has 2 fully saturated rings. The summed E-state index contributed by atoms with van der Waals surface area (Å²) in [4.78, 5) is 0. The summed E-state index contributed by atoms with van der Waals surface area (Å²) in [6.07, 6.45) is 5.85. The number of halogens is 1. The highest BCUT2D eigenvalue weighted by atomic mass is 35.5. The smallest absolute Gasteiger partial charge is 0.00436 e. The molecule has 1 spiro atoms. The fourth-order valence-electron chi connectivity index (χ4n) is 2.26. The maximum atomic E-state index is 3.45. The van der Waals surface area contributed by atoms with Crippen molar-refractivity contribution in [1.82, 2.24) is 5.32 Å². The van der Waals surface area contributed by atoms with Crippen LogP contribution in [0.25, 0.3) is 0 Å². The Morgan fingerprint density at radius 3 is 2.08 bits per heavy atom. The topological polar surface area (TPSA) is 12.0 Å². The van der Waals surface area contributed by atoms with E-state index in [4.69, 9.17) is 0 Å². The second-order valence-corrected chi connectivity index (χ2v) is 5.09.